The van der Waals surface area contributed by atoms with Gasteiger partial charge < -0.3 is 15.2 Å². The first-order valence-corrected chi connectivity index (χ1v) is 7.38. The van der Waals surface area contributed by atoms with Crippen LogP contribution in [0.4, 0.5) is 6.01 Å². The number of aromatic nitrogens is 2. The van der Waals surface area contributed by atoms with Crippen LogP contribution in [-0.2, 0) is 0 Å². The van der Waals surface area contributed by atoms with E-state index in [1.165, 1.54) is 18.6 Å². The number of hydrogen-bond donors (Lipinski definition) is 1. The van der Waals surface area contributed by atoms with Gasteiger partial charge in [-0.3, -0.25) is 4.99 Å². The second-order valence-corrected chi connectivity index (χ2v) is 5.93. The van der Waals surface area contributed by atoms with E-state index in [4.69, 9.17) is 10.3 Å². The summed E-state index contributed by atoms with van der Waals surface area (Å²) < 4.78 is 5.39. The van der Waals surface area contributed by atoms with Crippen molar-refractivity contribution in [1.29, 1.82) is 0 Å². The molecule has 106 valence electrons. The minimum atomic E-state index is 0.526. The monoisotopic (exact) mass is 273 g/mol. The molecular weight excluding hydrogens is 254 g/mol. The summed E-state index contributed by atoms with van der Waals surface area (Å²) in [6, 6.07) is 0.689. The van der Waals surface area contributed by atoms with Crippen molar-refractivity contribution < 1.29 is 4.52 Å². The van der Waals surface area contributed by atoms with Crippen molar-refractivity contribution in [1.82, 2.24) is 10.1 Å². The highest BCUT2D eigenvalue weighted by Crippen LogP contribution is 2.39. The summed E-state index contributed by atoms with van der Waals surface area (Å²) in [6.45, 7) is 2.57. The van der Waals surface area contributed by atoms with Crippen molar-refractivity contribution in [3.05, 3.63) is 17.6 Å². The summed E-state index contributed by atoms with van der Waals surface area (Å²) in [5.41, 5.74) is 7.85. The van der Waals surface area contributed by atoms with Crippen molar-refractivity contribution >= 4 is 11.7 Å². The van der Waals surface area contributed by atoms with Crippen LogP contribution < -0.4 is 10.6 Å². The van der Waals surface area contributed by atoms with Crippen LogP contribution in [0.2, 0.25) is 0 Å². The number of piperidine rings is 1. The van der Waals surface area contributed by atoms with E-state index in [0.29, 0.717) is 24.4 Å². The van der Waals surface area contributed by atoms with Crippen molar-refractivity contribution in [2.45, 2.75) is 31.6 Å². The third kappa shape index (κ3) is 2.19. The Morgan fingerprint density at radius 2 is 1.95 bits per heavy atom. The van der Waals surface area contributed by atoms with Gasteiger partial charge >= 0.3 is 6.01 Å². The Kier molecular flexibility index (Phi) is 2.75. The highest BCUT2D eigenvalue weighted by molar-refractivity contribution is 5.99. The summed E-state index contributed by atoms with van der Waals surface area (Å²) >= 11 is 0. The molecular formula is C14H19N5O. The molecule has 3 heterocycles. The Bertz CT molecular complexity index is 564. The van der Waals surface area contributed by atoms with Gasteiger partial charge in [0.2, 0.25) is 0 Å². The fourth-order valence-electron chi connectivity index (χ4n) is 2.94. The van der Waals surface area contributed by atoms with Crippen LogP contribution in [0.3, 0.4) is 0 Å². The summed E-state index contributed by atoms with van der Waals surface area (Å²) in [6.07, 6.45) is 6.59. The Labute approximate surface area is 117 Å². The molecule has 2 aliphatic heterocycles. The molecule has 2 N–H and O–H groups in total. The molecule has 1 aromatic heterocycles. The maximum absolute atomic E-state index is 5.79. The second-order valence-electron chi connectivity index (χ2n) is 5.93. The molecule has 6 heteroatoms. The van der Waals surface area contributed by atoms with Crippen LogP contribution in [-0.4, -0.2) is 35.5 Å². The molecule has 1 saturated carbocycles. The number of anilines is 1. The maximum Gasteiger partial charge on any atom is 0.324 e. The van der Waals surface area contributed by atoms with Crippen molar-refractivity contribution in [2.24, 2.45) is 16.6 Å². The molecule has 0 spiro atoms. The largest absolute Gasteiger partial charge is 0.400 e. The highest BCUT2D eigenvalue weighted by Gasteiger charge is 2.31. The molecule has 20 heavy (non-hydrogen) atoms. The molecule has 4 rings (SSSR count). The van der Waals surface area contributed by atoms with Crippen LogP contribution in [0.1, 0.15) is 37.4 Å². The predicted molar refractivity (Wildman–Crippen MR) is 75.8 cm³/mol. The Morgan fingerprint density at radius 1 is 1.15 bits per heavy atom. The van der Waals surface area contributed by atoms with Gasteiger partial charge in [0.25, 0.3) is 0 Å². The third-order valence-electron chi connectivity index (χ3n) is 4.33. The van der Waals surface area contributed by atoms with E-state index in [9.17, 15) is 0 Å². The zero-order valence-electron chi connectivity index (χ0n) is 11.5. The average Bonchev–Trinajstić information content (AvgIpc) is 3.04. The van der Waals surface area contributed by atoms with Gasteiger partial charge in [-0.1, -0.05) is 5.16 Å². The van der Waals surface area contributed by atoms with Gasteiger partial charge in [-0.25, -0.2) is 0 Å². The first kappa shape index (κ1) is 11.9. The maximum atomic E-state index is 5.79. The van der Waals surface area contributed by atoms with Crippen molar-refractivity contribution in [3.63, 3.8) is 0 Å². The van der Waals surface area contributed by atoms with Crippen LogP contribution in [0, 0.1) is 5.92 Å². The summed E-state index contributed by atoms with van der Waals surface area (Å²) in [5, 5.41) is 4.08. The van der Waals surface area contributed by atoms with Gasteiger partial charge in [-0.05, 0) is 31.8 Å². The standard InChI is InChI=1S/C14H19N5O/c15-11-7-12(16-8-11)9-3-5-19(6-4-9)14-17-13(18-20-14)10-1-2-10/h7,9-10H,1-6,8,15H2. The smallest absolute Gasteiger partial charge is 0.324 e. The fourth-order valence-corrected chi connectivity index (χ4v) is 2.94. The predicted octanol–water partition coefficient (Wildman–Crippen LogP) is 1.46. The molecule has 0 atom stereocenters. The van der Waals surface area contributed by atoms with E-state index in [0.717, 1.165) is 37.5 Å². The molecule has 6 nitrogen and oxygen atoms in total. The quantitative estimate of drug-likeness (QED) is 0.901. The molecule has 2 fully saturated rings. The minimum absolute atomic E-state index is 0.526. The molecule has 3 aliphatic rings. The van der Waals surface area contributed by atoms with Gasteiger partial charge in [0.1, 0.15) is 0 Å². The molecule has 1 saturated heterocycles. The molecule has 1 aromatic rings. The van der Waals surface area contributed by atoms with E-state index in [1.807, 2.05) is 6.08 Å². The molecule has 1 aliphatic carbocycles. The number of rotatable bonds is 3. The lowest BCUT2D eigenvalue weighted by molar-refractivity contribution is 0.388. The number of hydrogen-bond acceptors (Lipinski definition) is 6. The molecule has 0 amide bonds. The van der Waals surface area contributed by atoms with E-state index >= 15 is 0 Å². The zero-order valence-corrected chi connectivity index (χ0v) is 11.5. The Hall–Kier alpha value is -1.85. The summed E-state index contributed by atoms with van der Waals surface area (Å²) in [7, 11) is 0. The van der Waals surface area contributed by atoms with Gasteiger partial charge in [0, 0.05) is 36.3 Å². The van der Waals surface area contributed by atoms with Crippen LogP contribution >= 0.6 is 0 Å². The second kappa shape index (κ2) is 4.61. The third-order valence-corrected chi connectivity index (χ3v) is 4.33. The van der Waals surface area contributed by atoms with E-state index in [2.05, 4.69) is 20.0 Å². The number of nitrogens with two attached hydrogens (primary N) is 1. The Balaban J connectivity index is 1.39. The summed E-state index contributed by atoms with van der Waals surface area (Å²) in [5.74, 6) is 1.96. The topological polar surface area (TPSA) is 80.5 Å². The molecule has 0 bridgehead atoms. The zero-order chi connectivity index (χ0) is 13.5. The lowest BCUT2D eigenvalue weighted by atomic mass is 9.92. The normalized spacial score (nSPS) is 23.9. The first-order valence-electron chi connectivity index (χ1n) is 7.38. The fraction of sp³-hybridized carbons (Fsp3) is 0.643. The van der Waals surface area contributed by atoms with Gasteiger partial charge in [0.05, 0.1) is 6.54 Å². The molecule has 0 aromatic carbocycles. The van der Waals surface area contributed by atoms with Crippen LogP contribution in [0.15, 0.2) is 21.3 Å². The van der Waals surface area contributed by atoms with E-state index < -0.39 is 0 Å². The number of aliphatic imine (C=N–C) groups is 1. The lowest BCUT2D eigenvalue weighted by Crippen LogP contribution is -2.36. The average molecular weight is 273 g/mol. The first-order chi connectivity index (χ1) is 9.79. The lowest BCUT2D eigenvalue weighted by Gasteiger charge is -2.30. The number of nitrogens with zero attached hydrogens (tertiary/aromatic N) is 4. The van der Waals surface area contributed by atoms with E-state index in [1.54, 1.807) is 0 Å². The summed E-state index contributed by atoms with van der Waals surface area (Å²) in [4.78, 5) is 11.2. The molecule has 0 radical (unpaired) electrons. The number of allylic oxidation sites excluding steroid dienone is 1. The highest BCUT2D eigenvalue weighted by atomic mass is 16.5. The minimum Gasteiger partial charge on any atom is -0.400 e. The van der Waals surface area contributed by atoms with E-state index in [-0.39, 0.29) is 0 Å². The van der Waals surface area contributed by atoms with Crippen molar-refractivity contribution in [3.8, 4) is 0 Å². The van der Waals surface area contributed by atoms with Crippen molar-refractivity contribution in [2.75, 3.05) is 24.5 Å². The van der Waals surface area contributed by atoms with Gasteiger partial charge in [-0.15, -0.1) is 0 Å². The van der Waals surface area contributed by atoms with Gasteiger partial charge in [0.15, 0.2) is 5.82 Å². The molecule has 0 unspecified atom stereocenters. The SMILES string of the molecule is NC1=CC(C2CCN(c3nc(C4CC4)no3)CC2)=NC1. The Morgan fingerprint density at radius 3 is 2.60 bits per heavy atom. The van der Waals surface area contributed by atoms with Crippen LogP contribution in [0.25, 0.3) is 0 Å². The van der Waals surface area contributed by atoms with Gasteiger partial charge in [-0.2, -0.15) is 4.98 Å². The van der Waals surface area contributed by atoms with Crippen LogP contribution in [0.5, 0.6) is 0 Å².